The predicted octanol–water partition coefficient (Wildman–Crippen LogP) is 2.05. The molecule has 3 unspecified atom stereocenters. The van der Waals surface area contributed by atoms with Gasteiger partial charge in [0.05, 0.1) is 12.1 Å². The highest BCUT2D eigenvalue weighted by atomic mass is 16.4. The zero-order chi connectivity index (χ0) is 25.3. The van der Waals surface area contributed by atoms with E-state index in [0.717, 1.165) is 6.42 Å². The normalized spacial score (nSPS) is 25.8. The molecule has 1 aliphatic heterocycles. The van der Waals surface area contributed by atoms with Crippen molar-refractivity contribution in [2.24, 2.45) is 0 Å². The lowest BCUT2D eigenvalue weighted by Gasteiger charge is -2.42. The number of carbonyl (C=O) groups excluding carboxylic acids is 2. The average molecular weight is 475 g/mol. The van der Waals surface area contributed by atoms with Gasteiger partial charge in [-0.1, -0.05) is 20.8 Å². The van der Waals surface area contributed by atoms with E-state index in [1.807, 2.05) is 20.8 Å². The molecule has 4 N–H and O–H groups in total. The molecular weight excluding hydrogens is 436 g/mol. The lowest BCUT2D eigenvalue weighted by atomic mass is 9.84. The molecule has 2 fully saturated rings. The number of carbonyl (C=O) groups is 3. The number of hydrogen-bond donors (Lipinski definition) is 4. The summed E-state index contributed by atoms with van der Waals surface area (Å²) in [5, 5.41) is 18.4. The maximum Gasteiger partial charge on any atom is 0.404 e. The highest BCUT2D eigenvalue weighted by Gasteiger charge is 2.43. The third-order valence-electron chi connectivity index (χ3n) is 6.26. The van der Waals surface area contributed by atoms with E-state index in [1.54, 1.807) is 11.1 Å². The number of amides is 3. The minimum Gasteiger partial charge on any atom is -0.465 e. The summed E-state index contributed by atoms with van der Waals surface area (Å²) in [5.74, 6) is -0.0306. The Hall–Kier alpha value is -2.75. The lowest BCUT2D eigenvalue weighted by Crippen LogP contribution is -2.59. The first-order valence-electron chi connectivity index (χ1n) is 12.0. The molecule has 10 nitrogen and oxygen atoms in total. The Bertz CT molecular complexity index is 923. The Balaban J connectivity index is 1.67. The quantitative estimate of drug-likeness (QED) is 0.513. The molecule has 0 bridgehead atoms. The molecule has 2 aliphatic rings. The number of aromatic nitrogens is 2. The summed E-state index contributed by atoms with van der Waals surface area (Å²) in [5.41, 5.74) is -0.161. The smallest absolute Gasteiger partial charge is 0.404 e. The second kappa shape index (κ2) is 9.85. The number of nitrogens with zero attached hydrogens (tertiary/aromatic N) is 3. The van der Waals surface area contributed by atoms with Gasteiger partial charge in [-0.15, -0.1) is 0 Å². The highest BCUT2D eigenvalue weighted by molar-refractivity contribution is 5.96. The van der Waals surface area contributed by atoms with Crippen molar-refractivity contribution in [2.45, 2.75) is 102 Å². The van der Waals surface area contributed by atoms with Gasteiger partial charge in [0.25, 0.3) is 5.91 Å². The van der Waals surface area contributed by atoms with Gasteiger partial charge < -0.3 is 26.0 Å². The summed E-state index contributed by atoms with van der Waals surface area (Å²) in [7, 11) is 0. The molecule has 1 aromatic rings. The van der Waals surface area contributed by atoms with Crippen LogP contribution in [-0.4, -0.2) is 74.1 Å². The first-order valence-corrected chi connectivity index (χ1v) is 12.0. The highest BCUT2D eigenvalue weighted by Crippen LogP contribution is 2.29. The maximum atomic E-state index is 13.2. The lowest BCUT2D eigenvalue weighted by molar-refractivity contribution is -0.132. The van der Waals surface area contributed by atoms with Crippen LogP contribution in [0.1, 0.15) is 83.5 Å². The van der Waals surface area contributed by atoms with Gasteiger partial charge in [-0.2, -0.15) is 0 Å². The number of hydrogen-bond acceptors (Lipinski definition) is 6. The molecule has 1 aromatic heterocycles. The van der Waals surface area contributed by atoms with E-state index in [2.05, 4.69) is 46.7 Å². The van der Waals surface area contributed by atoms with Gasteiger partial charge in [0.15, 0.2) is 0 Å². The summed E-state index contributed by atoms with van der Waals surface area (Å²) >= 11 is 0. The second-order valence-electron chi connectivity index (χ2n) is 11.4. The summed E-state index contributed by atoms with van der Waals surface area (Å²) in [6.45, 7) is 12.6. The van der Waals surface area contributed by atoms with E-state index in [-0.39, 0.29) is 40.7 Å². The van der Waals surface area contributed by atoms with Crippen LogP contribution in [0.3, 0.4) is 0 Å². The topological polar surface area (TPSA) is 137 Å². The Morgan fingerprint density at radius 2 is 1.79 bits per heavy atom. The van der Waals surface area contributed by atoms with E-state index in [0.29, 0.717) is 31.6 Å². The van der Waals surface area contributed by atoms with Crippen LogP contribution in [0.5, 0.6) is 0 Å². The SMILES string of the molecule is CC(C)(C)N[C@@H]1CCC(N2CCC(NC(=O)c3ccnc(C(C)(C)C)n3)C2=O)C(NC(=O)O)C1. The summed E-state index contributed by atoms with van der Waals surface area (Å²) in [6, 6.07) is 0.432. The van der Waals surface area contributed by atoms with Crippen LogP contribution >= 0.6 is 0 Å². The molecule has 0 spiro atoms. The van der Waals surface area contributed by atoms with Crippen LogP contribution in [0.4, 0.5) is 4.79 Å². The number of likely N-dealkylation sites (tertiary alicyclic amines) is 1. The largest absolute Gasteiger partial charge is 0.465 e. The van der Waals surface area contributed by atoms with E-state index in [1.165, 1.54) is 6.07 Å². The first kappa shape index (κ1) is 25.9. The van der Waals surface area contributed by atoms with Crippen LogP contribution in [0.15, 0.2) is 12.3 Å². The van der Waals surface area contributed by atoms with Crippen LogP contribution in [0.2, 0.25) is 0 Å². The summed E-state index contributed by atoms with van der Waals surface area (Å²) in [6.07, 6.45) is 3.06. The molecule has 188 valence electrons. The van der Waals surface area contributed by atoms with Crippen molar-refractivity contribution in [1.82, 2.24) is 30.8 Å². The summed E-state index contributed by atoms with van der Waals surface area (Å²) in [4.78, 5) is 47.9. The van der Waals surface area contributed by atoms with Gasteiger partial charge in [-0.3, -0.25) is 9.59 Å². The number of carboxylic acid groups (broad SMARTS) is 1. The zero-order valence-corrected chi connectivity index (χ0v) is 21.0. The summed E-state index contributed by atoms with van der Waals surface area (Å²) < 4.78 is 0. The molecule has 4 atom stereocenters. The van der Waals surface area contributed by atoms with Gasteiger partial charge in [0, 0.05) is 29.7 Å². The minimum absolute atomic E-state index is 0.0854. The molecule has 0 aromatic carbocycles. The molecule has 3 rings (SSSR count). The van der Waals surface area contributed by atoms with Crippen molar-refractivity contribution < 1.29 is 19.5 Å². The average Bonchev–Trinajstić information content (AvgIpc) is 3.06. The van der Waals surface area contributed by atoms with Crippen molar-refractivity contribution in [3.05, 3.63) is 23.8 Å². The van der Waals surface area contributed by atoms with Gasteiger partial charge >= 0.3 is 6.09 Å². The fraction of sp³-hybridized carbons (Fsp3) is 0.708. The zero-order valence-electron chi connectivity index (χ0n) is 21.0. The fourth-order valence-corrected chi connectivity index (χ4v) is 4.83. The van der Waals surface area contributed by atoms with Crippen molar-refractivity contribution in [1.29, 1.82) is 0 Å². The Morgan fingerprint density at radius 1 is 1.09 bits per heavy atom. The van der Waals surface area contributed by atoms with Crippen LogP contribution < -0.4 is 16.0 Å². The number of nitrogens with one attached hydrogen (secondary N) is 3. The predicted molar refractivity (Wildman–Crippen MR) is 128 cm³/mol. The Labute approximate surface area is 201 Å². The van der Waals surface area contributed by atoms with E-state index >= 15 is 0 Å². The molecule has 1 aliphatic carbocycles. The van der Waals surface area contributed by atoms with Crippen molar-refractivity contribution >= 4 is 17.9 Å². The van der Waals surface area contributed by atoms with Gasteiger partial charge in [-0.05, 0) is 52.5 Å². The second-order valence-corrected chi connectivity index (χ2v) is 11.4. The Kier molecular flexibility index (Phi) is 7.50. The molecule has 10 heteroatoms. The maximum absolute atomic E-state index is 13.2. The van der Waals surface area contributed by atoms with E-state index in [4.69, 9.17) is 0 Å². The van der Waals surface area contributed by atoms with Crippen molar-refractivity contribution in [3.63, 3.8) is 0 Å². The molecule has 1 saturated carbocycles. The minimum atomic E-state index is -1.10. The molecular formula is C24H38N6O4. The molecule has 0 radical (unpaired) electrons. The Morgan fingerprint density at radius 3 is 2.41 bits per heavy atom. The molecule has 34 heavy (non-hydrogen) atoms. The van der Waals surface area contributed by atoms with Gasteiger partial charge in [0.1, 0.15) is 17.6 Å². The van der Waals surface area contributed by atoms with Crippen LogP contribution in [0, 0.1) is 0 Å². The monoisotopic (exact) mass is 474 g/mol. The molecule has 2 heterocycles. The van der Waals surface area contributed by atoms with Crippen molar-refractivity contribution in [2.75, 3.05) is 6.54 Å². The van der Waals surface area contributed by atoms with E-state index < -0.39 is 18.0 Å². The number of rotatable bonds is 5. The fourth-order valence-electron chi connectivity index (χ4n) is 4.83. The third-order valence-corrected chi connectivity index (χ3v) is 6.26. The van der Waals surface area contributed by atoms with E-state index in [9.17, 15) is 19.5 Å². The first-order chi connectivity index (χ1) is 15.7. The van der Waals surface area contributed by atoms with Crippen LogP contribution in [0.25, 0.3) is 0 Å². The van der Waals surface area contributed by atoms with Gasteiger partial charge in [0.2, 0.25) is 5.91 Å². The van der Waals surface area contributed by atoms with Crippen molar-refractivity contribution in [3.8, 4) is 0 Å². The molecule has 1 saturated heterocycles. The standard InChI is InChI=1S/C24H38N6O4/c1-23(2,3)21-25-11-9-15(27-21)19(31)26-16-10-12-30(20(16)32)18-8-7-14(29-24(4,5)6)13-17(18)28-22(33)34/h9,11,14,16-18,28-29H,7-8,10,12-13H2,1-6H3,(H,26,31)(H,33,34)/t14-,16?,17?,18?/m1/s1. The van der Waals surface area contributed by atoms with Gasteiger partial charge in [-0.25, -0.2) is 14.8 Å². The van der Waals surface area contributed by atoms with Crippen LogP contribution in [-0.2, 0) is 10.2 Å². The molecule has 3 amide bonds. The third kappa shape index (κ3) is 6.43.